The summed E-state index contributed by atoms with van der Waals surface area (Å²) in [5.74, 6) is 0.431. The lowest BCUT2D eigenvalue weighted by molar-refractivity contribution is -0.119. The van der Waals surface area contributed by atoms with Crippen LogP contribution in [0.2, 0.25) is 0 Å². The van der Waals surface area contributed by atoms with Gasteiger partial charge in [0, 0.05) is 5.56 Å². The van der Waals surface area contributed by atoms with Crippen molar-refractivity contribution in [3.63, 3.8) is 0 Å². The number of para-hydroxylation sites is 2. The minimum Gasteiger partial charge on any atom is -0.341 e. The van der Waals surface area contributed by atoms with Crippen LogP contribution in [0.4, 0.5) is 0 Å². The Labute approximate surface area is 174 Å². The molecule has 1 aromatic heterocycles. The molecule has 3 aromatic rings. The van der Waals surface area contributed by atoms with E-state index in [-0.39, 0.29) is 28.2 Å². The van der Waals surface area contributed by atoms with Gasteiger partial charge in [0.05, 0.1) is 22.0 Å². The highest BCUT2D eigenvalue weighted by atomic mass is 32.2. The molecule has 0 saturated carbocycles. The molecule has 6 nitrogen and oxygen atoms in total. The third kappa shape index (κ3) is 5.38. The van der Waals surface area contributed by atoms with Crippen LogP contribution in [-0.4, -0.2) is 27.5 Å². The van der Waals surface area contributed by atoms with E-state index >= 15 is 0 Å². The first-order chi connectivity index (χ1) is 13.7. The summed E-state index contributed by atoms with van der Waals surface area (Å²) in [6.07, 6.45) is 0. The van der Waals surface area contributed by atoms with Gasteiger partial charge in [-0.1, -0.05) is 45.0 Å². The smallest absolute Gasteiger partial charge is 0.269 e. The summed E-state index contributed by atoms with van der Waals surface area (Å²) in [6.45, 7) is 8.34. The molecule has 0 aliphatic rings. The number of amides is 2. The number of nitrogens with one attached hydrogen (secondary N) is 3. The number of carbonyl (C=O) groups excluding carboxylic acids is 2. The maximum Gasteiger partial charge on any atom is 0.269 e. The van der Waals surface area contributed by atoms with Gasteiger partial charge in [-0.2, -0.15) is 0 Å². The Hall–Kier alpha value is -2.80. The van der Waals surface area contributed by atoms with Gasteiger partial charge in [0.15, 0.2) is 0 Å². The van der Waals surface area contributed by atoms with Crippen molar-refractivity contribution in [2.75, 3.05) is 5.75 Å². The van der Waals surface area contributed by atoms with E-state index in [0.29, 0.717) is 5.56 Å². The Morgan fingerprint density at radius 3 is 2.41 bits per heavy atom. The van der Waals surface area contributed by atoms with Gasteiger partial charge in [0.2, 0.25) is 5.91 Å². The molecule has 0 fully saturated rings. The molecule has 3 rings (SSSR count). The summed E-state index contributed by atoms with van der Waals surface area (Å²) in [5, 5.41) is 0.0220. The monoisotopic (exact) mass is 410 g/mol. The zero-order valence-corrected chi connectivity index (χ0v) is 17.9. The predicted octanol–water partition coefficient (Wildman–Crippen LogP) is 4.12. The SMILES string of the molecule is C[C@H](SCC(=O)NNC(=O)c1ccc(C(C)(C)C)cc1)c1nc2ccccc2[nH]1. The van der Waals surface area contributed by atoms with Crippen molar-refractivity contribution in [2.24, 2.45) is 0 Å². The number of hydrazine groups is 1. The average Bonchev–Trinajstić information content (AvgIpc) is 3.14. The molecule has 0 aliphatic carbocycles. The lowest BCUT2D eigenvalue weighted by Crippen LogP contribution is -2.42. The van der Waals surface area contributed by atoms with Gasteiger partial charge in [-0.25, -0.2) is 4.98 Å². The van der Waals surface area contributed by atoms with Crippen LogP contribution in [0.25, 0.3) is 11.0 Å². The lowest BCUT2D eigenvalue weighted by Gasteiger charge is -2.19. The van der Waals surface area contributed by atoms with Crippen molar-refractivity contribution in [3.8, 4) is 0 Å². The van der Waals surface area contributed by atoms with Crippen LogP contribution in [-0.2, 0) is 10.2 Å². The number of H-pyrrole nitrogens is 1. The number of nitrogens with zero attached hydrogens (tertiary/aromatic N) is 1. The first kappa shape index (κ1) is 20.9. The molecule has 152 valence electrons. The highest BCUT2D eigenvalue weighted by Gasteiger charge is 2.16. The Kier molecular flexibility index (Phi) is 6.27. The van der Waals surface area contributed by atoms with Crippen LogP contribution in [0.1, 0.15) is 54.7 Å². The Bertz CT molecular complexity index is 973. The Morgan fingerprint density at radius 1 is 1.07 bits per heavy atom. The second-order valence-corrected chi connectivity index (χ2v) is 9.25. The van der Waals surface area contributed by atoms with Crippen molar-refractivity contribution in [1.29, 1.82) is 0 Å². The summed E-state index contributed by atoms with van der Waals surface area (Å²) in [6, 6.07) is 15.2. The number of fused-ring (bicyclic) bond motifs is 1. The highest BCUT2D eigenvalue weighted by Crippen LogP contribution is 2.27. The topological polar surface area (TPSA) is 86.9 Å². The van der Waals surface area contributed by atoms with Crippen LogP contribution in [0.15, 0.2) is 48.5 Å². The van der Waals surface area contributed by atoms with E-state index in [2.05, 4.69) is 41.6 Å². The van der Waals surface area contributed by atoms with Crippen LogP contribution < -0.4 is 10.9 Å². The number of rotatable bonds is 5. The van der Waals surface area contributed by atoms with Crippen LogP contribution in [0.5, 0.6) is 0 Å². The number of thioether (sulfide) groups is 1. The van der Waals surface area contributed by atoms with Crippen LogP contribution in [0.3, 0.4) is 0 Å². The van der Waals surface area contributed by atoms with Gasteiger partial charge in [-0.3, -0.25) is 20.4 Å². The van der Waals surface area contributed by atoms with E-state index in [4.69, 9.17) is 0 Å². The molecule has 0 spiro atoms. The summed E-state index contributed by atoms with van der Waals surface area (Å²) >= 11 is 1.45. The lowest BCUT2D eigenvalue weighted by atomic mass is 9.87. The summed E-state index contributed by atoms with van der Waals surface area (Å²) < 4.78 is 0. The van der Waals surface area contributed by atoms with Crippen LogP contribution in [0, 0.1) is 0 Å². The molecular weight excluding hydrogens is 384 g/mol. The molecule has 7 heteroatoms. The summed E-state index contributed by atoms with van der Waals surface area (Å²) in [5.41, 5.74) is 8.49. The fraction of sp³-hybridized carbons (Fsp3) is 0.318. The molecule has 0 bridgehead atoms. The van der Waals surface area contributed by atoms with E-state index in [1.807, 2.05) is 43.3 Å². The third-order valence-electron chi connectivity index (χ3n) is 4.59. The molecule has 29 heavy (non-hydrogen) atoms. The van der Waals surface area contributed by atoms with E-state index in [1.54, 1.807) is 12.1 Å². The normalized spacial score (nSPS) is 12.6. The van der Waals surface area contributed by atoms with Gasteiger partial charge < -0.3 is 4.98 Å². The maximum atomic E-state index is 12.2. The van der Waals surface area contributed by atoms with Gasteiger partial charge in [0.1, 0.15) is 5.82 Å². The van der Waals surface area contributed by atoms with E-state index in [0.717, 1.165) is 22.4 Å². The first-order valence-corrected chi connectivity index (χ1v) is 10.5. The molecule has 2 amide bonds. The zero-order chi connectivity index (χ0) is 21.0. The minimum absolute atomic E-state index is 0.0220. The fourth-order valence-corrected chi connectivity index (χ4v) is 3.54. The number of benzene rings is 2. The average molecular weight is 411 g/mol. The van der Waals surface area contributed by atoms with Gasteiger partial charge in [-0.15, -0.1) is 11.8 Å². The summed E-state index contributed by atoms with van der Waals surface area (Å²) in [7, 11) is 0. The van der Waals surface area contributed by atoms with Crippen molar-refractivity contribution in [2.45, 2.75) is 38.4 Å². The number of hydrogen-bond donors (Lipinski definition) is 3. The molecule has 2 aromatic carbocycles. The number of carbonyl (C=O) groups is 2. The predicted molar refractivity (Wildman–Crippen MR) is 118 cm³/mol. The van der Waals surface area contributed by atoms with Crippen molar-refractivity contribution < 1.29 is 9.59 Å². The standard InChI is InChI=1S/C22H26N4O2S/c1-14(20-23-17-7-5-6-8-18(17)24-20)29-13-19(27)25-26-21(28)15-9-11-16(12-10-15)22(2,3)4/h5-12,14H,13H2,1-4H3,(H,23,24)(H,25,27)(H,26,28)/t14-/m0/s1. The first-order valence-electron chi connectivity index (χ1n) is 9.50. The van der Waals surface area contributed by atoms with E-state index in [1.165, 1.54) is 11.8 Å². The Morgan fingerprint density at radius 2 is 1.76 bits per heavy atom. The van der Waals surface area contributed by atoms with Gasteiger partial charge >= 0.3 is 0 Å². The number of hydrogen-bond acceptors (Lipinski definition) is 4. The number of imidazole rings is 1. The molecule has 0 unspecified atom stereocenters. The van der Waals surface area contributed by atoms with Crippen LogP contribution >= 0.6 is 11.8 Å². The molecule has 1 atom stereocenters. The molecular formula is C22H26N4O2S. The van der Waals surface area contributed by atoms with Gasteiger partial charge in [0.25, 0.3) is 5.91 Å². The van der Waals surface area contributed by atoms with Crippen molar-refractivity contribution >= 4 is 34.6 Å². The largest absolute Gasteiger partial charge is 0.341 e. The van der Waals surface area contributed by atoms with Gasteiger partial charge in [-0.05, 0) is 42.2 Å². The third-order valence-corrected chi connectivity index (χ3v) is 5.74. The molecule has 3 N–H and O–H groups in total. The fourth-order valence-electron chi connectivity index (χ4n) is 2.80. The second-order valence-electron chi connectivity index (χ2n) is 7.92. The summed E-state index contributed by atoms with van der Waals surface area (Å²) in [4.78, 5) is 32.1. The molecule has 0 aliphatic heterocycles. The minimum atomic E-state index is -0.339. The second kappa shape index (κ2) is 8.69. The van der Waals surface area contributed by atoms with Crippen molar-refractivity contribution in [1.82, 2.24) is 20.8 Å². The zero-order valence-electron chi connectivity index (χ0n) is 17.1. The Balaban J connectivity index is 1.47. The number of aromatic nitrogens is 2. The molecule has 1 heterocycles. The molecule has 0 saturated heterocycles. The number of aromatic amines is 1. The van der Waals surface area contributed by atoms with E-state index < -0.39 is 0 Å². The van der Waals surface area contributed by atoms with E-state index in [9.17, 15) is 9.59 Å². The molecule has 0 radical (unpaired) electrons. The maximum absolute atomic E-state index is 12.2. The highest BCUT2D eigenvalue weighted by molar-refractivity contribution is 8.00. The van der Waals surface area contributed by atoms with Crippen molar-refractivity contribution in [3.05, 3.63) is 65.5 Å². The quantitative estimate of drug-likeness (QED) is 0.552.